The largest absolute Gasteiger partial charge is 0.373 e. The Morgan fingerprint density at radius 3 is 2.36 bits per heavy atom. The normalized spacial score (nSPS) is 13.7. The second kappa shape index (κ2) is 4.75. The molecule has 3 aromatic rings. The minimum atomic E-state index is -0.708. The summed E-state index contributed by atoms with van der Waals surface area (Å²) in [5.74, 6) is -1.95. The maximum Gasteiger partial charge on any atom is 0.373 e. The molecule has 4 rings (SSSR count). The van der Waals surface area contributed by atoms with Gasteiger partial charge in [-0.15, -0.1) is 11.3 Å². The maximum absolute atomic E-state index is 12.2. The minimum Gasteiger partial charge on any atom is -0.323 e. The molecule has 0 bridgehead atoms. The number of thiophene rings is 2. The van der Waals surface area contributed by atoms with Crippen molar-refractivity contribution >= 4 is 50.5 Å². The SMILES string of the molecule is O=C(ON1C(=O)c2ccccc2C1=O)c1cc2cscc2s1. The van der Waals surface area contributed by atoms with Crippen molar-refractivity contribution in [2.24, 2.45) is 0 Å². The van der Waals surface area contributed by atoms with E-state index in [1.807, 2.05) is 10.8 Å². The van der Waals surface area contributed by atoms with Crippen LogP contribution in [0, 0.1) is 0 Å². The van der Waals surface area contributed by atoms with Crippen LogP contribution in [-0.4, -0.2) is 22.8 Å². The Morgan fingerprint density at radius 1 is 1.05 bits per heavy atom. The summed E-state index contributed by atoms with van der Waals surface area (Å²) in [5.41, 5.74) is 0.485. The number of imide groups is 1. The number of nitrogens with zero attached hydrogens (tertiary/aromatic N) is 1. The Balaban J connectivity index is 1.61. The first kappa shape index (κ1) is 13.2. The van der Waals surface area contributed by atoms with Crippen molar-refractivity contribution in [3.8, 4) is 0 Å². The van der Waals surface area contributed by atoms with Gasteiger partial charge >= 0.3 is 5.97 Å². The lowest BCUT2D eigenvalue weighted by molar-refractivity contribution is -0.0581. The molecular weight excluding hydrogens is 322 g/mol. The number of hydroxylamine groups is 2. The van der Waals surface area contributed by atoms with Gasteiger partial charge in [0.1, 0.15) is 4.88 Å². The van der Waals surface area contributed by atoms with E-state index in [1.54, 1.807) is 29.5 Å². The van der Waals surface area contributed by atoms with Crippen molar-refractivity contribution in [1.29, 1.82) is 0 Å². The second-order valence-electron chi connectivity index (χ2n) is 4.63. The highest BCUT2D eigenvalue weighted by atomic mass is 32.1. The smallest absolute Gasteiger partial charge is 0.323 e. The maximum atomic E-state index is 12.2. The molecule has 0 saturated carbocycles. The number of fused-ring (bicyclic) bond motifs is 2. The van der Waals surface area contributed by atoms with Crippen LogP contribution < -0.4 is 0 Å². The van der Waals surface area contributed by atoms with Crippen LogP contribution in [0.3, 0.4) is 0 Å². The van der Waals surface area contributed by atoms with Crippen LogP contribution >= 0.6 is 22.7 Å². The van der Waals surface area contributed by atoms with Gasteiger partial charge in [0.25, 0.3) is 11.8 Å². The molecule has 0 saturated heterocycles. The van der Waals surface area contributed by atoms with E-state index in [2.05, 4.69) is 0 Å². The number of hydrogen-bond acceptors (Lipinski definition) is 6. The standard InChI is InChI=1S/C15H7NO4S2/c17-13-9-3-1-2-4-10(9)14(18)16(13)20-15(19)11-5-8-6-21-7-12(8)22-11/h1-7H. The van der Waals surface area contributed by atoms with E-state index in [4.69, 9.17) is 4.84 Å². The molecule has 0 unspecified atom stereocenters. The van der Waals surface area contributed by atoms with E-state index in [0.29, 0.717) is 9.94 Å². The number of hydrogen-bond donors (Lipinski definition) is 0. The highest BCUT2D eigenvalue weighted by Crippen LogP contribution is 2.30. The van der Waals surface area contributed by atoms with Crippen LogP contribution in [0.1, 0.15) is 30.4 Å². The van der Waals surface area contributed by atoms with E-state index >= 15 is 0 Å². The second-order valence-corrected chi connectivity index (χ2v) is 6.46. The zero-order chi connectivity index (χ0) is 15.3. The van der Waals surface area contributed by atoms with E-state index in [1.165, 1.54) is 23.5 Å². The molecular formula is C15H7NO4S2. The van der Waals surface area contributed by atoms with Crippen LogP contribution in [-0.2, 0) is 4.84 Å². The van der Waals surface area contributed by atoms with E-state index in [0.717, 1.165) is 10.1 Å². The summed E-state index contributed by atoms with van der Waals surface area (Å²) in [5, 5.41) is 5.33. The zero-order valence-electron chi connectivity index (χ0n) is 10.9. The van der Waals surface area contributed by atoms with E-state index in [-0.39, 0.29) is 11.1 Å². The van der Waals surface area contributed by atoms with Crippen molar-refractivity contribution in [3.05, 3.63) is 57.1 Å². The van der Waals surface area contributed by atoms with Gasteiger partial charge in [-0.3, -0.25) is 9.59 Å². The first-order valence-electron chi connectivity index (χ1n) is 6.31. The molecule has 0 spiro atoms. The molecule has 2 amide bonds. The molecule has 0 atom stereocenters. The van der Waals surface area contributed by atoms with Gasteiger partial charge in [0.2, 0.25) is 0 Å². The molecule has 0 radical (unpaired) electrons. The van der Waals surface area contributed by atoms with Crippen LogP contribution in [0.2, 0.25) is 0 Å². The van der Waals surface area contributed by atoms with Crippen LogP contribution in [0.5, 0.6) is 0 Å². The zero-order valence-corrected chi connectivity index (χ0v) is 12.6. The molecule has 3 heterocycles. The molecule has 1 aliphatic rings. The third-order valence-electron chi connectivity index (χ3n) is 3.29. The lowest BCUT2D eigenvalue weighted by Gasteiger charge is -2.11. The predicted molar refractivity (Wildman–Crippen MR) is 82.1 cm³/mol. The fourth-order valence-corrected chi connectivity index (χ4v) is 4.13. The third kappa shape index (κ3) is 1.87. The summed E-state index contributed by atoms with van der Waals surface area (Å²) in [6.45, 7) is 0. The van der Waals surface area contributed by atoms with Crippen molar-refractivity contribution in [2.75, 3.05) is 0 Å². The van der Waals surface area contributed by atoms with Gasteiger partial charge in [0, 0.05) is 15.5 Å². The molecule has 22 heavy (non-hydrogen) atoms. The van der Waals surface area contributed by atoms with Gasteiger partial charge in [0.15, 0.2) is 0 Å². The Morgan fingerprint density at radius 2 is 1.73 bits per heavy atom. The molecule has 2 aromatic heterocycles. The van der Waals surface area contributed by atoms with Gasteiger partial charge in [0.05, 0.1) is 11.1 Å². The predicted octanol–water partition coefficient (Wildman–Crippen LogP) is 3.33. The first-order valence-corrected chi connectivity index (χ1v) is 8.07. The van der Waals surface area contributed by atoms with Crippen LogP contribution in [0.4, 0.5) is 0 Å². The van der Waals surface area contributed by atoms with Gasteiger partial charge in [-0.25, -0.2) is 4.79 Å². The average molecular weight is 329 g/mol. The molecule has 0 N–H and O–H groups in total. The number of rotatable bonds is 2. The fraction of sp³-hybridized carbons (Fsp3) is 0. The van der Waals surface area contributed by atoms with Crippen molar-refractivity contribution < 1.29 is 19.2 Å². The molecule has 1 aromatic carbocycles. The fourth-order valence-electron chi connectivity index (χ4n) is 2.25. The van der Waals surface area contributed by atoms with E-state index in [9.17, 15) is 14.4 Å². The Kier molecular flexibility index (Phi) is 2.85. The summed E-state index contributed by atoms with van der Waals surface area (Å²) in [4.78, 5) is 41.8. The van der Waals surface area contributed by atoms with Gasteiger partial charge < -0.3 is 4.84 Å². The van der Waals surface area contributed by atoms with Crippen molar-refractivity contribution in [2.45, 2.75) is 0 Å². The highest BCUT2D eigenvalue weighted by Gasteiger charge is 2.38. The molecule has 0 fully saturated rings. The lowest BCUT2D eigenvalue weighted by Crippen LogP contribution is -2.32. The van der Waals surface area contributed by atoms with Gasteiger partial charge in [-0.1, -0.05) is 17.2 Å². The Labute approximate surface area is 132 Å². The van der Waals surface area contributed by atoms with E-state index < -0.39 is 17.8 Å². The molecule has 5 nitrogen and oxygen atoms in total. The summed E-state index contributed by atoms with van der Waals surface area (Å²) >= 11 is 2.81. The molecule has 1 aliphatic heterocycles. The number of carbonyl (C=O) groups is 3. The first-order chi connectivity index (χ1) is 10.6. The van der Waals surface area contributed by atoms with Gasteiger partial charge in [-0.05, 0) is 23.6 Å². The Hall–Kier alpha value is -2.51. The Bertz CT molecular complexity index is 876. The average Bonchev–Trinajstić information content (AvgIpc) is 3.17. The van der Waals surface area contributed by atoms with Crippen molar-refractivity contribution in [3.63, 3.8) is 0 Å². The lowest BCUT2D eigenvalue weighted by atomic mass is 10.1. The highest BCUT2D eigenvalue weighted by molar-refractivity contribution is 7.23. The quantitative estimate of drug-likeness (QED) is 0.677. The number of benzene rings is 1. The topological polar surface area (TPSA) is 63.7 Å². The van der Waals surface area contributed by atoms with Crippen LogP contribution in [0.25, 0.3) is 10.1 Å². The summed E-state index contributed by atoms with van der Waals surface area (Å²) < 4.78 is 0.972. The molecule has 7 heteroatoms. The van der Waals surface area contributed by atoms with Gasteiger partial charge in [-0.2, -0.15) is 11.3 Å². The molecule has 108 valence electrons. The third-order valence-corrected chi connectivity index (χ3v) is 5.28. The molecule has 0 aliphatic carbocycles. The summed E-state index contributed by atoms with van der Waals surface area (Å²) in [6.07, 6.45) is 0. The summed E-state index contributed by atoms with van der Waals surface area (Å²) in [7, 11) is 0. The van der Waals surface area contributed by atoms with Crippen molar-refractivity contribution in [1.82, 2.24) is 5.06 Å². The number of carbonyl (C=O) groups excluding carboxylic acids is 3. The minimum absolute atomic E-state index is 0.243. The van der Waals surface area contributed by atoms with Crippen LogP contribution in [0.15, 0.2) is 41.1 Å². The monoisotopic (exact) mass is 329 g/mol. The summed E-state index contributed by atoms with van der Waals surface area (Å²) in [6, 6.07) is 8.07. The number of amides is 2.